The second-order valence-electron chi connectivity index (χ2n) is 7.47. The van der Waals surface area contributed by atoms with Crippen LogP contribution in [0, 0.1) is 5.92 Å². The molecule has 0 amide bonds. The molecule has 0 bridgehead atoms. The third kappa shape index (κ3) is 3.58. The van der Waals surface area contributed by atoms with Crippen molar-refractivity contribution in [1.82, 2.24) is 0 Å². The fourth-order valence-electron chi connectivity index (χ4n) is 4.15. The number of allylic oxidation sites excluding steroid dienone is 4. The first-order valence-corrected chi connectivity index (χ1v) is 10.1. The molecule has 2 N–H and O–H groups in total. The van der Waals surface area contributed by atoms with Crippen LogP contribution in [-0.4, -0.2) is 23.7 Å². The SMILES string of the molecule is CCCCN1C2=CC=CCC2C(=Cc2ccc(B(O)O)cc2)c2ccccc21. The van der Waals surface area contributed by atoms with Crippen molar-refractivity contribution in [1.29, 1.82) is 0 Å². The molecule has 4 heteroatoms. The summed E-state index contributed by atoms with van der Waals surface area (Å²) in [6.45, 7) is 3.28. The average Bonchev–Trinajstić information content (AvgIpc) is 2.73. The molecule has 4 rings (SSSR count). The lowest BCUT2D eigenvalue weighted by molar-refractivity contribution is 0.426. The molecular weight excluding hydrogens is 345 g/mol. The monoisotopic (exact) mass is 371 g/mol. The summed E-state index contributed by atoms with van der Waals surface area (Å²) in [5, 5.41) is 18.7. The molecule has 1 unspecified atom stereocenters. The van der Waals surface area contributed by atoms with E-state index in [-0.39, 0.29) is 0 Å². The molecule has 0 aromatic heterocycles. The Morgan fingerprint density at radius 1 is 1.11 bits per heavy atom. The molecule has 1 heterocycles. The van der Waals surface area contributed by atoms with Gasteiger partial charge in [-0.25, -0.2) is 0 Å². The lowest BCUT2D eigenvalue weighted by atomic mass is 9.78. The third-order valence-electron chi connectivity index (χ3n) is 5.62. The molecule has 0 spiro atoms. The lowest BCUT2D eigenvalue weighted by Crippen LogP contribution is -2.34. The molecule has 1 aliphatic heterocycles. The zero-order valence-corrected chi connectivity index (χ0v) is 16.3. The van der Waals surface area contributed by atoms with Crippen molar-refractivity contribution in [3.05, 3.63) is 83.6 Å². The van der Waals surface area contributed by atoms with Crippen molar-refractivity contribution in [2.75, 3.05) is 11.4 Å². The van der Waals surface area contributed by atoms with E-state index in [1.807, 2.05) is 12.1 Å². The topological polar surface area (TPSA) is 43.7 Å². The fraction of sp³-hybridized carbons (Fsp3) is 0.250. The smallest absolute Gasteiger partial charge is 0.423 e. The van der Waals surface area contributed by atoms with Crippen molar-refractivity contribution < 1.29 is 10.0 Å². The summed E-state index contributed by atoms with van der Waals surface area (Å²) < 4.78 is 0. The fourth-order valence-corrected chi connectivity index (χ4v) is 4.15. The van der Waals surface area contributed by atoms with Crippen LogP contribution >= 0.6 is 0 Å². The Morgan fingerprint density at radius 2 is 1.89 bits per heavy atom. The van der Waals surface area contributed by atoms with Crippen molar-refractivity contribution in [2.45, 2.75) is 26.2 Å². The molecule has 2 aromatic carbocycles. The molecule has 28 heavy (non-hydrogen) atoms. The van der Waals surface area contributed by atoms with E-state index in [9.17, 15) is 10.0 Å². The van der Waals surface area contributed by atoms with E-state index in [1.54, 1.807) is 12.1 Å². The van der Waals surface area contributed by atoms with Gasteiger partial charge in [-0.3, -0.25) is 0 Å². The number of fused-ring (bicyclic) bond motifs is 2. The zero-order chi connectivity index (χ0) is 19.5. The van der Waals surface area contributed by atoms with Crippen LogP contribution in [0.3, 0.4) is 0 Å². The summed E-state index contributed by atoms with van der Waals surface area (Å²) >= 11 is 0. The molecule has 2 aliphatic rings. The van der Waals surface area contributed by atoms with E-state index >= 15 is 0 Å². The molecule has 0 saturated carbocycles. The molecule has 1 atom stereocenters. The van der Waals surface area contributed by atoms with Gasteiger partial charge in [0.15, 0.2) is 0 Å². The predicted octanol–water partition coefficient (Wildman–Crippen LogP) is 3.99. The van der Waals surface area contributed by atoms with Crippen LogP contribution in [0.4, 0.5) is 5.69 Å². The van der Waals surface area contributed by atoms with E-state index < -0.39 is 7.12 Å². The van der Waals surface area contributed by atoms with E-state index in [2.05, 4.69) is 60.4 Å². The van der Waals surface area contributed by atoms with Crippen LogP contribution < -0.4 is 10.4 Å². The van der Waals surface area contributed by atoms with Crippen LogP contribution in [-0.2, 0) is 0 Å². The van der Waals surface area contributed by atoms with Crippen LogP contribution in [0.1, 0.15) is 37.3 Å². The van der Waals surface area contributed by atoms with Crippen LogP contribution in [0.25, 0.3) is 11.6 Å². The van der Waals surface area contributed by atoms with Gasteiger partial charge in [-0.1, -0.05) is 74.0 Å². The van der Waals surface area contributed by atoms with E-state index in [4.69, 9.17) is 0 Å². The van der Waals surface area contributed by atoms with E-state index in [0.29, 0.717) is 11.4 Å². The first kappa shape index (κ1) is 18.8. The highest BCUT2D eigenvalue weighted by molar-refractivity contribution is 6.58. The van der Waals surface area contributed by atoms with Gasteiger partial charge in [-0.15, -0.1) is 0 Å². The van der Waals surface area contributed by atoms with Crippen molar-refractivity contribution >= 4 is 29.9 Å². The van der Waals surface area contributed by atoms with Crippen LogP contribution in [0.15, 0.2) is 72.5 Å². The highest BCUT2D eigenvalue weighted by Crippen LogP contribution is 2.47. The number of anilines is 1. The van der Waals surface area contributed by atoms with Crippen molar-refractivity contribution in [3.63, 3.8) is 0 Å². The number of para-hydroxylation sites is 1. The first-order valence-electron chi connectivity index (χ1n) is 10.1. The summed E-state index contributed by atoms with van der Waals surface area (Å²) in [5.74, 6) is 0.347. The molecule has 0 radical (unpaired) electrons. The van der Waals surface area contributed by atoms with Gasteiger partial charge in [0.1, 0.15) is 0 Å². The second kappa shape index (κ2) is 8.21. The Hall–Kier alpha value is -2.56. The Bertz CT molecular complexity index is 928. The molecule has 2 aromatic rings. The quantitative estimate of drug-likeness (QED) is 0.782. The molecular formula is C24H26BNO2. The minimum Gasteiger partial charge on any atom is -0.423 e. The summed E-state index contributed by atoms with van der Waals surface area (Å²) in [7, 11) is -1.43. The van der Waals surface area contributed by atoms with Crippen LogP contribution in [0.5, 0.6) is 0 Å². The largest absolute Gasteiger partial charge is 0.488 e. The van der Waals surface area contributed by atoms with E-state index in [1.165, 1.54) is 35.4 Å². The normalized spacial score (nSPS) is 19.2. The number of unbranched alkanes of at least 4 members (excludes halogenated alkanes) is 1. The Balaban J connectivity index is 1.80. The predicted molar refractivity (Wildman–Crippen MR) is 118 cm³/mol. The molecule has 3 nitrogen and oxygen atoms in total. The van der Waals surface area contributed by atoms with Gasteiger partial charge in [0.2, 0.25) is 0 Å². The van der Waals surface area contributed by atoms with Crippen molar-refractivity contribution in [2.24, 2.45) is 5.92 Å². The van der Waals surface area contributed by atoms with E-state index in [0.717, 1.165) is 18.5 Å². The van der Waals surface area contributed by atoms with Gasteiger partial charge in [-0.05, 0) is 41.6 Å². The number of rotatable bonds is 5. The zero-order valence-electron chi connectivity index (χ0n) is 16.3. The number of hydrogen-bond acceptors (Lipinski definition) is 3. The molecule has 0 fully saturated rings. The number of benzene rings is 2. The minimum absolute atomic E-state index is 0.347. The Morgan fingerprint density at radius 3 is 2.64 bits per heavy atom. The highest BCUT2D eigenvalue weighted by atomic mass is 16.4. The minimum atomic E-state index is -1.43. The third-order valence-corrected chi connectivity index (χ3v) is 5.62. The van der Waals surface area contributed by atoms with Gasteiger partial charge >= 0.3 is 7.12 Å². The van der Waals surface area contributed by atoms with Crippen LogP contribution in [0.2, 0.25) is 0 Å². The van der Waals surface area contributed by atoms with Gasteiger partial charge < -0.3 is 14.9 Å². The Kier molecular flexibility index (Phi) is 5.51. The molecule has 0 saturated heterocycles. The summed E-state index contributed by atoms with van der Waals surface area (Å²) in [6.07, 6.45) is 12.3. The second-order valence-corrected chi connectivity index (χ2v) is 7.47. The summed E-state index contributed by atoms with van der Waals surface area (Å²) in [6, 6.07) is 16.1. The maximum absolute atomic E-state index is 9.34. The Labute approximate surface area is 167 Å². The van der Waals surface area contributed by atoms with Gasteiger partial charge in [-0.2, -0.15) is 0 Å². The number of hydrogen-bond donors (Lipinski definition) is 2. The van der Waals surface area contributed by atoms with Gasteiger partial charge in [0, 0.05) is 29.4 Å². The van der Waals surface area contributed by atoms with Gasteiger partial charge in [0.25, 0.3) is 0 Å². The van der Waals surface area contributed by atoms with Gasteiger partial charge in [0.05, 0.1) is 0 Å². The summed E-state index contributed by atoms with van der Waals surface area (Å²) in [4.78, 5) is 2.50. The maximum Gasteiger partial charge on any atom is 0.488 e. The van der Waals surface area contributed by atoms with Crippen molar-refractivity contribution in [3.8, 4) is 0 Å². The average molecular weight is 371 g/mol. The standard InChI is InChI=1S/C24H26BNO2/c1-2-3-16-26-23-10-6-4-8-20(23)22(21-9-5-7-11-24(21)26)17-18-12-14-19(15-13-18)25(27)28/h4-8,10-15,17,21,27-28H,2-3,9,16H2,1H3. The maximum atomic E-state index is 9.34. The number of nitrogens with zero attached hydrogens (tertiary/aromatic N) is 1. The first-order chi connectivity index (χ1) is 13.7. The lowest BCUT2D eigenvalue weighted by Gasteiger charge is -2.41. The highest BCUT2D eigenvalue weighted by Gasteiger charge is 2.32. The molecule has 142 valence electrons. The summed E-state index contributed by atoms with van der Waals surface area (Å²) in [5.41, 5.74) is 6.87. The molecule has 1 aliphatic carbocycles.